The first-order chi connectivity index (χ1) is 9.89. The molecule has 0 fully saturated rings. The lowest BCUT2D eigenvalue weighted by Gasteiger charge is -2.11. The Labute approximate surface area is 124 Å². The van der Waals surface area contributed by atoms with E-state index in [9.17, 15) is 13.2 Å². The van der Waals surface area contributed by atoms with E-state index in [0.717, 1.165) is 11.1 Å². The van der Waals surface area contributed by atoms with Crippen molar-refractivity contribution in [3.8, 4) is 16.9 Å². The highest BCUT2D eigenvalue weighted by atomic mass is 35.5. The average molecular weight is 320 g/mol. The van der Waals surface area contributed by atoms with Gasteiger partial charge in [0.05, 0.1) is 17.8 Å². The third-order valence-corrected chi connectivity index (χ3v) is 2.94. The van der Waals surface area contributed by atoms with E-state index in [1.54, 1.807) is 23.1 Å². The van der Waals surface area contributed by atoms with Gasteiger partial charge in [-0.25, -0.2) is 0 Å². The highest BCUT2D eigenvalue weighted by Gasteiger charge is 2.28. The molecule has 0 atom stereocenters. The maximum atomic E-state index is 12.1. The fourth-order valence-electron chi connectivity index (χ4n) is 1.72. The Kier molecular flexibility index (Phi) is 4.74. The van der Waals surface area contributed by atoms with Gasteiger partial charge in [-0.3, -0.25) is 4.68 Å². The van der Waals surface area contributed by atoms with Crippen LogP contribution in [0.25, 0.3) is 11.1 Å². The van der Waals surface area contributed by atoms with E-state index >= 15 is 0 Å². The van der Waals surface area contributed by atoms with Gasteiger partial charge in [0.25, 0.3) is 0 Å². The zero-order valence-electron chi connectivity index (χ0n) is 10.9. The summed E-state index contributed by atoms with van der Waals surface area (Å²) in [7, 11) is 0. The summed E-state index contributed by atoms with van der Waals surface area (Å²) in [4.78, 5) is 0. The van der Waals surface area contributed by atoms with Crippen LogP contribution in [0.3, 0.4) is 0 Å². The summed E-state index contributed by atoms with van der Waals surface area (Å²) in [6, 6.07) is 4.57. The standard InChI is InChI=1S/C13H13ClF3N3O/c14-11-5-9(10-6-19-20(7-10)4-3-18)1-2-12(11)21-8-13(15,16)17/h1-2,5-7H,3-4,8,18H2. The van der Waals surface area contributed by atoms with Crippen LogP contribution in [-0.4, -0.2) is 29.1 Å². The van der Waals surface area contributed by atoms with Crippen molar-refractivity contribution in [1.82, 2.24) is 9.78 Å². The zero-order chi connectivity index (χ0) is 15.5. The Morgan fingerprint density at radius 2 is 2.05 bits per heavy atom. The van der Waals surface area contributed by atoms with Gasteiger partial charge in [-0.2, -0.15) is 18.3 Å². The van der Waals surface area contributed by atoms with Crippen molar-refractivity contribution in [1.29, 1.82) is 0 Å². The molecule has 0 aliphatic rings. The number of aromatic nitrogens is 2. The molecule has 2 rings (SSSR count). The molecule has 2 N–H and O–H groups in total. The molecule has 1 aromatic heterocycles. The minimum absolute atomic E-state index is 0.00732. The Balaban J connectivity index is 2.14. The van der Waals surface area contributed by atoms with Crippen LogP contribution in [0.4, 0.5) is 13.2 Å². The van der Waals surface area contributed by atoms with Gasteiger partial charge in [-0.1, -0.05) is 17.7 Å². The van der Waals surface area contributed by atoms with Gasteiger partial charge in [-0.15, -0.1) is 0 Å². The summed E-state index contributed by atoms with van der Waals surface area (Å²) in [5.41, 5.74) is 6.97. The molecule has 114 valence electrons. The van der Waals surface area contributed by atoms with Gasteiger partial charge >= 0.3 is 6.18 Å². The fourth-order valence-corrected chi connectivity index (χ4v) is 1.96. The van der Waals surface area contributed by atoms with Crippen molar-refractivity contribution in [2.75, 3.05) is 13.2 Å². The molecule has 8 heteroatoms. The summed E-state index contributed by atoms with van der Waals surface area (Å²) in [6.07, 6.45) is -0.975. The Morgan fingerprint density at radius 1 is 1.29 bits per heavy atom. The number of hydrogen-bond acceptors (Lipinski definition) is 3. The van der Waals surface area contributed by atoms with E-state index in [1.165, 1.54) is 12.1 Å². The summed E-state index contributed by atoms with van der Waals surface area (Å²) < 4.78 is 42.6. The first-order valence-electron chi connectivity index (χ1n) is 6.11. The molecule has 1 aromatic carbocycles. The molecular formula is C13H13ClF3N3O. The molecule has 21 heavy (non-hydrogen) atoms. The Bertz CT molecular complexity index is 613. The largest absolute Gasteiger partial charge is 0.483 e. The predicted molar refractivity (Wildman–Crippen MR) is 73.3 cm³/mol. The molecule has 0 amide bonds. The average Bonchev–Trinajstić information content (AvgIpc) is 2.85. The van der Waals surface area contributed by atoms with E-state index in [0.29, 0.717) is 13.1 Å². The van der Waals surface area contributed by atoms with Crippen LogP contribution in [0.5, 0.6) is 5.75 Å². The maximum Gasteiger partial charge on any atom is 0.422 e. The van der Waals surface area contributed by atoms with Crippen molar-refractivity contribution in [2.24, 2.45) is 5.73 Å². The number of ether oxygens (including phenoxy) is 1. The minimum atomic E-state index is -4.40. The predicted octanol–water partition coefficient (Wildman–Crippen LogP) is 3.10. The topological polar surface area (TPSA) is 53.1 Å². The minimum Gasteiger partial charge on any atom is -0.483 e. The Morgan fingerprint density at radius 3 is 2.67 bits per heavy atom. The van der Waals surface area contributed by atoms with E-state index < -0.39 is 12.8 Å². The van der Waals surface area contributed by atoms with Crippen LogP contribution >= 0.6 is 11.6 Å². The number of nitrogens with two attached hydrogens (primary N) is 1. The highest BCUT2D eigenvalue weighted by Crippen LogP contribution is 2.31. The summed E-state index contributed by atoms with van der Waals surface area (Å²) in [5, 5.41) is 4.23. The van der Waals surface area contributed by atoms with Crippen molar-refractivity contribution in [3.05, 3.63) is 35.6 Å². The van der Waals surface area contributed by atoms with E-state index in [-0.39, 0.29) is 10.8 Å². The van der Waals surface area contributed by atoms with E-state index in [2.05, 4.69) is 9.84 Å². The Hall–Kier alpha value is -1.73. The molecule has 0 bridgehead atoms. The van der Waals surface area contributed by atoms with Gasteiger partial charge < -0.3 is 10.5 Å². The lowest BCUT2D eigenvalue weighted by atomic mass is 10.1. The van der Waals surface area contributed by atoms with Gasteiger partial charge in [0.2, 0.25) is 0 Å². The molecular weight excluding hydrogens is 307 g/mol. The van der Waals surface area contributed by atoms with Gasteiger partial charge in [0, 0.05) is 18.3 Å². The molecule has 0 radical (unpaired) electrons. The van der Waals surface area contributed by atoms with Crippen molar-refractivity contribution < 1.29 is 17.9 Å². The van der Waals surface area contributed by atoms with Crippen LogP contribution in [0, 0.1) is 0 Å². The summed E-state index contributed by atoms with van der Waals surface area (Å²) in [5.74, 6) is -0.00732. The molecule has 2 aromatic rings. The van der Waals surface area contributed by atoms with Crippen LogP contribution in [0.1, 0.15) is 0 Å². The summed E-state index contributed by atoms with van der Waals surface area (Å²) >= 11 is 5.94. The van der Waals surface area contributed by atoms with Gasteiger partial charge in [0.1, 0.15) is 5.75 Å². The normalized spacial score (nSPS) is 11.7. The third-order valence-electron chi connectivity index (χ3n) is 2.65. The number of halogens is 4. The van der Waals surface area contributed by atoms with Crippen molar-refractivity contribution >= 4 is 11.6 Å². The summed E-state index contributed by atoms with van der Waals surface area (Å²) in [6.45, 7) is -0.326. The number of nitrogens with zero attached hydrogens (tertiary/aromatic N) is 2. The van der Waals surface area contributed by atoms with E-state index in [4.69, 9.17) is 17.3 Å². The second-order valence-corrected chi connectivity index (χ2v) is 4.74. The van der Waals surface area contributed by atoms with Crippen LogP contribution in [0.15, 0.2) is 30.6 Å². The molecule has 4 nitrogen and oxygen atoms in total. The first kappa shape index (κ1) is 15.7. The van der Waals surface area contributed by atoms with Gasteiger partial charge in [-0.05, 0) is 17.7 Å². The molecule has 1 heterocycles. The second kappa shape index (κ2) is 6.36. The van der Waals surface area contributed by atoms with Gasteiger partial charge in [0.15, 0.2) is 6.61 Å². The molecule has 0 unspecified atom stereocenters. The van der Waals surface area contributed by atoms with Crippen LogP contribution in [-0.2, 0) is 6.54 Å². The third kappa shape index (κ3) is 4.37. The molecule has 0 saturated carbocycles. The lowest BCUT2D eigenvalue weighted by Crippen LogP contribution is -2.19. The number of alkyl halides is 3. The van der Waals surface area contributed by atoms with Crippen molar-refractivity contribution in [2.45, 2.75) is 12.7 Å². The van der Waals surface area contributed by atoms with Crippen molar-refractivity contribution in [3.63, 3.8) is 0 Å². The SMILES string of the molecule is NCCn1cc(-c2ccc(OCC(F)(F)F)c(Cl)c2)cn1. The molecule has 0 spiro atoms. The molecule has 0 aliphatic heterocycles. The first-order valence-corrected chi connectivity index (χ1v) is 6.49. The maximum absolute atomic E-state index is 12.1. The highest BCUT2D eigenvalue weighted by molar-refractivity contribution is 6.32. The number of benzene rings is 1. The van der Waals surface area contributed by atoms with Crippen LogP contribution in [0.2, 0.25) is 5.02 Å². The fraction of sp³-hybridized carbons (Fsp3) is 0.308. The quantitative estimate of drug-likeness (QED) is 0.921. The second-order valence-electron chi connectivity index (χ2n) is 4.33. The monoisotopic (exact) mass is 319 g/mol. The lowest BCUT2D eigenvalue weighted by molar-refractivity contribution is -0.153. The number of hydrogen-bond donors (Lipinski definition) is 1. The number of rotatable bonds is 5. The molecule has 0 aliphatic carbocycles. The zero-order valence-corrected chi connectivity index (χ0v) is 11.7. The molecule has 0 saturated heterocycles. The smallest absolute Gasteiger partial charge is 0.422 e. The van der Waals surface area contributed by atoms with E-state index in [1.807, 2.05) is 0 Å². The van der Waals surface area contributed by atoms with Crippen LogP contribution < -0.4 is 10.5 Å².